The van der Waals surface area contributed by atoms with Gasteiger partial charge in [0.25, 0.3) is 5.91 Å². The van der Waals surface area contributed by atoms with Gasteiger partial charge in [-0.2, -0.15) is 0 Å². The van der Waals surface area contributed by atoms with E-state index in [4.69, 9.17) is 4.74 Å². The van der Waals surface area contributed by atoms with E-state index in [0.717, 1.165) is 23.4 Å². The minimum absolute atomic E-state index is 0.0300. The second kappa shape index (κ2) is 10.1. The molecule has 0 unspecified atom stereocenters. The molecule has 0 bridgehead atoms. The summed E-state index contributed by atoms with van der Waals surface area (Å²) in [6, 6.07) is 17.4. The van der Waals surface area contributed by atoms with E-state index in [1.54, 1.807) is 0 Å². The van der Waals surface area contributed by atoms with Crippen LogP contribution in [0.2, 0.25) is 0 Å². The molecule has 3 rings (SSSR count). The zero-order valence-corrected chi connectivity index (χ0v) is 17.0. The van der Waals surface area contributed by atoms with Gasteiger partial charge in [-0.3, -0.25) is 14.4 Å². The highest BCUT2D eigenvalue weighted by Gasteiger charge is 2.29. The van der Waals surface area contributed by atoms with E-state index in [1.165, 1.54) is 17.3 Å². The summed E-state index contributed by atoms with van der Waals surface area (Å²) < 4.78 is 5.06. The number of para-hydroxylation sites is 1. The molecule has 0 radical (unpaired) electrons. The Kier molecular flexibility index (Phi) is 7.30. The maximum absolute atomic E-state index is 12.1. The zero-order chi connectivity index (χ0) is 20.6. The van der Waals surface area contributed by atoms with E-state index >= 15 is 0 Å². The molecule has 6 nitrogen and oxygen atoms in total. The Morgan fingerprint density at radius 3 is 2.66 bits per heavy atom. The molecule has 7 heteroatoms. The molecule has 152 valence electrons. The maximum atomic E-state index is 12.1. The van der Waals surface area contributed by atoms with Crippen LogP contribution in [0, 0.1) is 0 Å². The molecule has 2 aromatic carbocycles. The monoisotopic (exact) mass is 412 g/mol. The normalized spacial score (nSPS) is 16.3. The number of aryl methyl sites for hydroxylation is 1. The number of benzene rings is 2. The highest BCUT2D eigenvalue weighted by atomic mass is 32.2. The molecule has 1 heterocycles. The lowest BCUT2D eigenvalue weighted by Gasteiger charge is -2.23. The van der Waals surface area contributed by atoms with Gasteiger partial charge in [0.2, 0.25) is 5.91 Å². The summed E-state index contributed by atoms with van der Waals surface area (Å²) in [6.07, 6.45) is 1.57. The van der Waals surface area contributed by atoms with Gasteiger partial charge in [-0.15, -0.1) is 11.8 Å². The fourth-order valence-electron chi connectivity index (χ4n) is 3.00. The third kappa shape index (κ3) is 6.35. The van der Waals surface area contributed by atoms with Crippen LogP contribution >= 0.6 is 11.8 Å². The van der Waals surface area contributed by atoms with Crippen molar-refractivity contribution in [1.82, 2.24) is 5.32 Å². The Hall–Kier alpha value is -2.80. The lowest BCUT2D eigenvalue weighted by Crippen LogP contribution is -2.37. The van der Waals surface area contributed by atoms with Gasteiger partial charge in [0, 0.05) is 10.9 Å². The van der Waals surface area contributed by atoms with Gasteiger partial charge in [-0.1, -0.05) is 42.5 Å². The molecule has 29 heavy (non-hydrogen) atoms. The van der Waals surface area contributed by atoms with Crippen molar-refractivity contribution in [3.05, 3.63) is 60.2 Å². The number of nitrogens with one attached hydrogen (secondary N) is 2. The van der Waals surface area contributed by atoms with E-state index in [2.05, 4.69) is 10.6 Å². The van der Waals surface area contributed by atoms with Gasteiger partial charge in [-0.05, 0) is 37.5 Å². The molecule has 1 aliphatic rings. The number of anilines is 1. The van der Waals surface area contributed by atoms with Crippen molar-refractivity contribution in [3.63, 3.8) is 0 Å². The fourth-order valence-corrected chi connectivity index (χ4v) is 4.09. The number of esters is 1. The standard InChI is InChI=1S/C22H24N2O4S/c1-15(11-12-16-7-3-2-4-8-16)23-20(25)14-28-21(26)13-19-22(27)24-17-9-5-6-10-18(17)29-19/h2-10,15,19H,11-14H2,1H3,(H,23,25)(H,24,27)/t15-,19-/m1/s1. The predicted molar refractivity (Wildman–Crippen MR) is 113 cm³/mol. The van der Waals surface area contributed by atoms with E-state index in [1.807, 2.05) is 61.5 Å². The molecular formula is C22H24N2O4S. The summed E-state index contributed by atoms with van der Waals surface area (Å²) in [5, 5.41) is 5.05. The number of fused-ring (bicyclic) bond motifs is 1. The van der Waals surface area contributed by atoms with Gasteiger partial charge < -0.3 is 15.4 Å². The average molecular weight is 413 g/mol. The van der Waals surface area contributed by atoms with Gasteiger partial charge in [0.05, 0.1) is 17.4 Å². The molecular weight excluding hydrogens is 388 g/mol. The quantitative estimate of drug-likeness (QED) is 0.651. The van der Waals surface area contributed by atoms with Crippen LogP contribution in [0.15, 0.2) is 59.5 Å². The third-order valence-corrected chi connectivity index (χ3v) is 5.81. The topological polar surface area (TPSA) is 84.5 Å². The summed E-state index contributed by atoms with van der Waals surface area (Å²) in [6.45, 7) is 1.58. The summed E-state index contributed by atoms with van der Waals surface area (Å²) in [5.74, 6) is -1.14. The van der Waals surface area contributed by atoms with Crippen molar-refractivity contribution in [2.75, 3.05) is 11.9 Å². The molecule has 2 amide bonds. The first-order chi connectivity index (χ1) is 14.0. The number of rotatable bonds is 8. The number of carbonyl (C=O) groups is 3. The van der Waals surface area contributed by atoms with Crippen molar-refractivity contribution in [2.24, 2.45) is 0 Å². The maximum Gasteiger partial charge on any atom is 0.307 e. The summed E-state index contributed by atoms with van der Waals surface area (Å²) in [5.41, 5.74) is 1.96. The van der Waals surface area contributed by atoms with Crippen LogP contribution in [0.4, 0.5) is 5.69 Å². The van der Waals surface area contributed by atoms with Gasteiger partial charge >= 0.3 is 5.97 Å². The molecule has 0 saturated carbocycles. The summed E-state index contributed by atoms with van der Waals surface area (Å²) in [7, 11) is 0. The zero-order valence-electron chi connectivity index (χ0n) is 16.2. The highest BCUT2D eigenvalue weighted by molar-refractivity contribution is 8.01. The predicted octanol–water partition coefficient (Wildman–Crippen LogP) is 3.17. The Labute approximate surface area is 174 Å². The first-order valence-corrected chi connectivity index (χ1v) is 10.4. The Morgan fingerprint density at radius 2 is 1.86 bits per heavy atom. The van der Waals surface area contributed by atoms with Crippen molar-refractivity contribution < 1.29 is 19.1 Å². The molecule has 2 atom stereocenters. The highest BCUT2D eigenvalue weighted by Crippen LogP contribution is 2.36. The number of hydrogen-bond acceptors (Lipinski definition) is 5. The first-order valence-electron chi connectivity index (χ1n) is 9.56. The Bertz CT molecular complexity index is 872. The third-order valence-electron chi connectivity index (χ3n) is 4.54. The van der Waals surface area contributed by atoms with Gasteiger partial charge in [0.1, 0.15) is 0 Å². The summed E-state index contributed by atoms with van der Waals surface area (Å²) in [4.78, 5) is 37.1. The number of hydrogen-bond donors (Lipinski definition) is 2. The number of carbonyl (C=O) groups excluding carboxylic acids is 3. The minimum atomic E-state index is -0.566. The minimum Gasteiger partial charge on any atom is -0.456 e. The van der Waals surface area contributed by atoms with Crippen molar-refractivity contribution in [2.45, 2.75) is 42.4 Å². The van der Waals surface area contributed by atoms with Crippen LogP contribution in [0.5, 0.6) is 0 Å². The van der Waals surface area contributed by atoms with Crippen molar-refractivity contribution in [3.8, 4) is 0 Å². The average Bonchev–Trinajstić information content (AvgIpc) is 2.72. The molecule has 2 N–H and O–H groups in total. The first kappa shape index (κ1) is 20.9. The second-order valence-electron chi connectivity index (χ2n) is 6.95. The molecule has 2 aromatic rings. The molecule has 0 aromatic heterocycles. The fraction of sp³-hybridized carbons (Fsp3) is 0.318. The van der Waals surface area contributed by atoms with Crippen LogP contribution in [-0.2, 0) is 25.5 Å². The molecule has 0 spiro atoms. The van der Waals surface area contributed by atoms with Crippen molar-refractivity contribution in [1.29, 1.82) is 0 Å². The van der Waals surface area contributed by atoms with Crippen LogP contribution in [0.25, 0.3) is 0 Å². The number of amides is 2. The van der Waals surface area contributed by atoms with Gasteiger partial charge in [0.15, 0.2) is 6.61 Å². The largest absolute Gasteiger partial charge is 0.456 e. The van der Waals surface area contributed by atoms with Crippen LogP contribution < -0.4 is 10.6 Å². The van der Waals surface area contributed by atoms with Crippen LogP contribution in [-0.4, -0.2) is 35.7 Å². The van der Waals surface area contributed by atoms with Crippen LogP contribution in [0.1, 0.15) is 25.3 Å². The summed E-state index contributed by atoms with van der Waals surface area (Å²) >= 11 is 1.33. The lowest BCUT2D eigenvalue weighted by atomic mass is 10.1. The smallest absolute Gasteiger partial charge is 0.307 e. The Balaban J connectivity index is 1.37. The van der Waals surface area contributed by atoms with E-state index < -0.39 is 11.2 Å². The van der Waals surface area contributed by atoms with E-state index in [9.17, 15) is 14.4 Å². The lowest BCUT2D eigenvalue weighted by molar-refractivity contribution is -0.149. The SMILES string of the molecule is C[C@H](CCc1ccccc1)NC(=O)COC(=O)C[C@H]1Sc2ccccc2NC1=O. The molecule has 0 fully saturated rings. The number of ether oxygens (including phenoxy) is 1. The molecule has 0 aliphatic carbocycles. The molecule has 0 saturated heterocycles. The Morgan fingerprint density at radius 1 is 1.14 bits per heavy atom. The number of thioether (sulfide) groups is 1. The van der Waals surface area contributed by atoms with Gasteiger partial charge in [-0.25, -0.2) is 0 Å². The molecule has 1 aliphatic heterocycles. The van der Waals surface area contributed by atoms with E-state index in [0.29, 0.717) is 0 Å². The van der Waals surface area contributed by atoms with E-state index in [-0.39, 0.29) is 30.9 Å². The van der Waals surface area contributed by atoms with Crippen LogP contribution in [0.3, 0.4) is 0 Å². The van der Waals surface area contributed by atoms with Crippen molar-refractivity contribution >= 4 is 35.2 Å². The second-order valence-corrected chi connectivity index (χ2v) is 8.19.